The molecule has 0 bridgehead atoms. The van der Waals surface area contributed by atoms with Crippen molar-refractivity contribution in [1.82, 2.24) is 19.1 Å². The Morgan fingerprint density at radius 3 is 2.57 bits per heavy atom. The lowest BCUT2D eigenvalue weighted by atomic mass is 10.2. The number of anilines is 1. The van der Waals surface area contributed by atoms with Crippen molar-refractivity contribution >= 4 is 28.9 Å². The van der Waals surface area contributed by atoms with E-state index in [1.54, 1.807) is 12.1 Å². The van der Waals surface area contributed by atoms with Gasteiger partial charge in [-0.15, -0.1) is 0 Å². The van der Waals surface area contributed by atoms with E-state index in [-0.39, 0.29) is 30.3 Å². The largest absolute Gasteiger partial charge is 0.491 e. The first-order valence-corrected chi connectivity index (χ1v) is 11.0. The van der Waals surface area contributed by atoms with E-state index in [4.69, 9.17) is 4.74 Å². The fourth-order valence-electron chi connectivity index (χ4n) is 3.43. The van der Waals surface area contributed by atoms with Crippen molar-refractivity contribution in [2.45, 2.75) is 19.6 Å². The van der Waals surface area contributed by atoms with E-state index in [2.05, 4.69) is 20.5 Å². The number of ether oxygens (including phenoxy) is 1. The molecule has 1 atom stereocenters. The summed E-state index contributed by atoms with van der Waals surface area (Å²) in [5.41, 5.74) is 3.66. The number of aliphatic hydroxyl groups excluding tert-OH is 1. The third-order valence-corrected chi connectivity index (χ3v) is 5.23. The van der Waals surface area contributed by atoms with Crippen molar-refractivity contribution in [1.29, 1.82) is 0 Å². The molecule has 0 aliphatic rings. The monoisotopic (exact) mass is 474 g/mol. The maximum atomic E-state index is 12.6. The molecule has 0 aliphatic carbocycles. The summed E-state index contributed by atoms with van der Waals surface area (Å²) in [4.78, 5) is 31.4. The first kappa shape index (κ1) is 23.7. The highest BCUT2D eigenvalue weighted by molar-refractivity contribution is 5.96. The maximum Gasteiger partial charge on any atom is 0.329 e. The van der Waals surface area contributed by atoms with Crippen LogP contribution in [0.5, 0.6) is 5.75 Å². The Morgan fingerprint density at radius 1 is 1.17 bits per heavy atom. The number of allylic oxidation sites excluding steroid dienone is 1. The maximum absolute atomic E-state index is 12.6. The second-order valence-corrected chi connectivity index (χ2v) is 7.92. The number of rotatable bonds is 9. The van der Waals surface area contributed by atoms with Crippen molar-refractivity contribution in [3.63, 3.8) is 0 Å². The molecule has 0 aliphatic heterocycles. The normalized spacial score (nSPS) is 12.8. The number of fused-ring (bicyclic) bond motifs is 1. The summed E-state index contributed by atoms with van der Waals surface area (Å²) in [5.74, 6) is 0.823. The zero-order valence-electron chi connectivity index (χ0n) is 19.4. The van der Waals surface area contributed by atoms with E-state index in [0.29, 0.717) is 11.5 Å². The van der Waals surface area contributed by atoms with E-state index < -0.39 is 17.4 Å². The number of hydrogen-bond donors (Lipinski definition) is 3. The van der Waals surface area contributed by atoms with E-state index in [9.17, 15) is 14.7 Å². The van der Waals surface area contributed by atoms with Gasteiger partial charge < -0.3 is 14.4 Å². The standard InChI is InChI=1S/C25H26N6O4/c1-17(13-14-18-9-5-3-6-10-18)28-29-24-26-22-21(23(33)27-25(34)30(22)2)31(24)15-19(32)16-35-20-11-7-4-8-12-20/h3-14,19,32H,15-16H2,1-2H3,(H,26,29)(H,27,33,34). The number of H-pyrrole nitrogens is 1. The third kappa shape index (κ3) is 5.74. The minimum absolute atomic E-state index is 0.00505. The van der Waals surface area contributed by atoms with Gasteiger partial charge in [0.05, 0.1) is 12.3 Å². The van der Waals surface area contributed by atoms with Gasteiger partial charge in [-0.3, -0.25) is 14.3 Å². The highest BCUT2D eigenvalue weighted by atomic mass is 16.5. The van der Waals surface area contributed by atoms with Crippen LogP contribution in [-0.2, 0) is 13.6 Å². The number of nitrogens with zero attached hydrogens (tertiary/aromatic N) is 4. The van der Waals surface area contributed by atoms with Crippen LogP contribution in [0.1, 0.15) is 12.5 Å². The van der Waals surface area contributed by atoms with Gasteiger partial charge in [-0.1, -0.05) is 54.6 Å². The Morgan fingerprint density at radius 2 is 1.86 bits per heavy atom. The van der Waals surface area contributed by atoms with Crippen LogP contribution in [0.2, 0.25) is 0 Å². The Balaban J connectivity index is 1.60. The van der Waals surface area contributed by atoms with Gasteiger partial charge in [-0.25, -0.2) is 10.2 Å². The molecule has 0 spiro atoms. The SMILES string of the molecule is CC(C=Cc1ccccc1)=NNc1nc2c(c(=O)[nH]c(=O)n2C)n1CC(O)COc1ccccc1. The summed E-state index contributed by atoms with van der Waals surface area (Å²) in [5, 5.41) is 15.0. The molecule has 180 valence electrons. The Kier molecular flexibility index (Phi) is 7.22. The summed E-state index contributed by atoms with van der Waals surface area (Å²) in [6.45, 7) is 1.79. The van der Waals surface area contributed by atoms with E-state index in [0.717, 1.165) is 5.56 Å². The van der Waals surface area contributed by atoms with Gasteiger partial charge in [-0.2, -0.15) is 10.1 Å². The molecule has 2 aromatic heterocycles. The smallest absolute Gasteiger partial charge is 0.329 e. The Hall–Kier alpha value is -4.44. The highest BCUT2D eigenvalue weighted by Crippen LogP contribution is 2.17. The van der Waals surface area contributed by atoms with Crippen molar-refractivity contribution in [2.75, 3.05) is 12.0 Å². The molecule has 35 heavy (non-hydrogen) atoms. The molecule has 2 aromatic carbocycles. The minimum atomic E-state index is -0.965. The van der Waals surface area contributed by atoms with Gasteiger partial charge in [0.1, 0.15) is 18.5 Å². The average Bonchev–Trinajstić information content (AvgIpc) is 3.23. The number of aromatic amines is 1. The number of para-hydroxylation sites is 1. The molecule has 0 amide bonds. The van der Waals surface area contributed by atoms with Gasteiger partial charge in [0.15, 0.2) is 11.2 Å². The third-order valence-electron chi connectivity index (χ3n) is 5.23. The van der Waals surface area contributed by atoms with Crippen LogP contribution < -0.4 is 21.4 Å². The van der Waals surface area contributed by atoms with Crippen LogP contribution in [0.25, 0.3) is 17.2 Å². The molecule has 4 rings (SSSR count). The first-order valence-electron chi connectivity index (χ1n) is 11.0. The lowest BCUT2D eigenvalue weighted by Crippen LogP contribution is -2.30. The first-order chi connectivity index (χ1) is 16.9. The van der Waals surface area contributed by atoms with Crippen molar-refractivity contribution in [3.8, 4) is 5.75 Å². The summed E-state index contributed by atoms with van der Waals surface area (Å²) >= 11 is 0. The van der Waals surface area contributed by atoms with Gasteiger partial charge in [0.25, 0.3) is 5.56 Å². The Bertz CT molecular complexity index is 1470. The summed E-state index contributed by atoms with van der Waals surface area (Å²) in [6.07, 6.45) is 2.79. The number of hydrogen-bond acceptors (Lipinski definition) is 7. The number of benzene rings is 2. The lowest BCUT2D eigenvalue weighted by Gasteiger charge is -2.15. The molecule has 0 fully saturated rings. The molecule has 3 N–H and O–H groups in total. The zero-order valence-corrected chi connectivity index (χ0v) is 19.4. The second kappa shape index (κ2) is 10.7. The Labute approximate surface area is 200 Å². The highest BCUT2D eigenvalue weighted by Gasteiger charge is 2.20. The molecule has 10 heteroatoms. The molecule has 10 nitrogen and oxygen atoms in total. The summed E-state index contributed by atoms with van der Waals surface area (Å²) in [6, 6.07) is 18.9. The van der Waals surface area contributed by atoms with Crippen LogP contribution in [0.4, 0.5) is 5.95 Å². The van der Waals surface area contributed by atoms with E-state index >= 15 is 0 Å². The molecular weight excluding hydrogens is 448 g/mol. The fraction of sp³-hybridized carbons (Fsp3) is 0.200. The van der Waals surface area contributed by atoms with Crippen LogP contribution in [0.3, 0.4) is 0 Å². The van der Waals surface area contributed by atoms with Crippen molar-refractivity contribution < 1.29 is 9.84 Å². The number of aliphatic hydroxyl groups is 1. The van der Waals surface area contributed by atoms with Gasteiger partial charge >= 0.3 is 5.69 Å². The molecular formula is C25H26N6O4. The molecule has 4 aromatic rings. The van der Waals surface area contributed by atoms with Crippen LogP contribution in [-0.4, -0.2) is 42.6 Å². The quantitative estimate of drug-likeness (QED) is 0.253. The number of nitrogens with one attached hydrogen (secondary N) is 2. The molecule has 2 heterocycles. The van der Waals surface area contributed by atoms with Crippen LogP contribution in [0.15, 0.2) is 81.4 Å². The number of aromatic nitrogens is 4. The average molecular weight is 475 g/mol. The topological polar surface area (TPSA) is 127 Å². The van der Waals surface area contributed by atoms with Gasteiger partial charge in [0, 0.05) is 7.05 Å². The lowest BCUT2D eigenvalue weighted by molar-refractivity contribution is 0.0938. The van der Waals surface area contributed by atoms with Gasteiger partial charge in [-0.05, 0) is 30.7 Å². The number of imidazole rings is 1. The van der Waals surface area contributed by atoms with Gasteiger partial charge in [0.2, 0.25) is 5.95 Å². The van der Waals surface area contributed by atoms with Crippen LogP contribution >= 0.6 is 0 Å². The second-order valence-electron chi connectivity index (χ2n) is 7.92. The van der Waals surface area contributed by atoms with E-state index in [1.165, 1.54) is 16.2 Å². The number of aryl methyl sites for hydroxylation is 1. The summed E-state index contributed by atoms with van der Waals surface area (Å²) in [7, 11) is 1.51. The molecule has 0 saturated carbocycles. The predicted molar refractivity (Wildman–Crippen MR) is 136 cm³/mol. The fourth-order valence-corrected chi connectivity index (χ4v) is 3.43. The minimum Gasteiger partial charge on any atom is -0.491 e. The van der Waals surface area contributed by atoms with Crippen LogP contribution in [0, 0.1) is 0 Å². The molecule has 0 radical (unpaired) electrons. The van der Waals surface area contributed by atoms with Crippen molar-refractivity contribution in [3.05, 3.63) is 93.1 Å². The zero-order chi connectivity index (χ0) is 24.8. The van der Waals surface area contributed by atoms with E-state index in [1.807, 2.05) is 67.6 Å². The van der Waals surface area contributed by atoms with Crippen molar-refractivity contribution in [2.24, 2.45) is 12.1 Å². The summed E-state index contributed by atoms with van der Waals surface area (Å²) < 4.78 is 8.36. The predicted octanol–water partition coefficient (Wildman–Crippen LogP) is 2.36. The number of hydrazone groups is 1. The molecule has 0 saturated heterocycles. The molecule has 1 unspecified atom stereocenters.